The van der Waals surface area contributed by atoms with Gasteiger partial charge in [-0.1, -0.05) is 309 Å². The summed E-state index contributed by atoms with van der Waals surface area (Å²) in [6, 6.07) is -1.02. The summed E-state index contributed by atoms with van der Waals surface area (Å²) in [5.74, 6) is -1.17. The van der Waals surface area contributed by atoms with Crippen molar-refractivity contribution in [2.24, 2.45) is 0 Å². The number of esters is 1. The minimum absolute atomic E-state index is 0.132. The van der Waals surface area contributed by atoms with Crippen LogP contribution in [0.2, 0.25) is 0 Å². The third kappa shape index (κ3) is 41.4. The molecule has 8 atom stereocenters. The number of amides is 1. The molecule has 0 aromatic carbocycles. The molecule has 0 aromatic rings. The van der Waals surface area contributed by atoms with Gasteiger partial charge < -0.3 is 45.1 Å². The number of nitrogens with one attached hydrogen (secondary N) is 1. The highest BCUT2D eigenvalue weighted by atomic mass is 16.7. The van der Waals surface area contributed by atoms with Crippen LogP contribution in [0.15, 0.2) is 12.2 Å². The molecule has 1 amide bonds. The van der Waals surface area contributed by atoms with E-state index in [0.717, 1.165) is 57.8 Å². The molecule has 8 unspecified atom stereocenters. The Morgan fingerprint density at radius 3 is 1.24 bits per heavy atom. The molecule has 76 heavy (non-hydrogen) atoms. The Hall–Kier alpha value is -1.60. The van der Waals surface area contributed by atoms with E-state index in [2.05, 4.69) is 26.1 Å². The SMILES string of the molecule is CCCCCCCCCCCC/C=C/C(O)C(COC1OC(CO)C(O)C(O)C1OC(=O)CCCCCCCCCCCCCCCCCCCCC)NC(=O)C(O)CCCCCCCCCCCCCCCCCC. The van der Waals surface area contributed by atoms with Crippen LogP contribution >= 0.6 is 0 Å². The van der Waals surface area contributed by atoms with E-state index in [-0.39, 0.29) is 13.0 Å². The van der Waals surface area contributed by atoms with Crippen molar-refractivity contribution in [2.45, 2.75) is 378 Å². The van der Waals surface area contributed by atoms with Gasteiger partial charge in [-0.3, -0.25) is 9.59 Å². The second-order valence-corrected chi connectivity index (χ2v) is 23.2. The number of rotatable bonds is 57. The Labute approximate surface area is 468 Å². The maximum atomic E-state index is 13.4. The number of aliphatic hydroxyl groups is 5. The van der Waals surface area contributed by atoms with Crippen LogP contribution < -0.4 is 5.32 Å². The van der Waals surface area contributed by atoms with Crippen molar-refractivity contribution in [2.75, 3.05) is 13.2 Å². The van der Waals surface area contributed by atoms with Crippen LogP contribution in [0.25, 0.3) is 0 Å². The summed E-state index contributed by atoms with van der Waals surface area (Å²) >= 11 is 0. The second kappa shape index (κ2) is 54.0. The van der Waals surface area contributed by atoms with Crippen LogP contribution in [0.4, 0.5) is 0 Å². The van der Waals surface area contributed by atoms with Gasteiger partial charge in [-0.2, -0.15) is 0 Å². The summed E-state index contributed by atoms with van der Waals surface area (Å²) < 4.78 is 17.7. The number of aliphatic hydroxyl groups excluding tert-OH is 5. The Bertz CT molecular complexity index is 1290. The first kappa shape index (κ1) is 72.4. The van der Waals surface area contributed by atoms with Crippen molar-refractivity contribution < 1.29 is 49.3 Å². The molecule has 11 nitrogen and oxygen atoms in total. The lowest BCUT2D eigenvalue weighted by molar-refractivity contribution is -0.305. The summed E-state index contributed by atoms with van der Waals surface area (Å²) in [6.45, 7) is 5.84. The van der Waals surface area contributed by atoms with E-state index in [1.54, 1.807) is 6.08 Å². The van der Waals surface area contributed by atoms with E-state index < -0.39 is 67.4 Å². The number of hydrogen-bond donors (Lipinski definition) is 6. The van der Waals surface area contributed by atoms with Gasteiger partial charge in [0.2, 0.25) is 5.91 Å². The zero-order valence-electron chi connectivity index (χ0n) is 49.9. The Morgan fingerprint density at radius 1 is 0.500 bits per heavy atom. The van der Waals surface area contributed by atoms with Crippen molar-refractivity contribution in [1.29, 1.82) is 0 Å². The Morgan fingerprint density at radius 2 is 0.855 bits per heavy atom. The summed E-state index contributed by atoms with van der Waals surface area (Å²) in [5.41, 5.74) is 0. The van der Waals surface area contributed by atoms with Gasteiger partial charge in [0.25, 0.3) is 0 Å². The van der Waals surface area contributed by atoms with Crippen LogP contribution in [0.1, 0.15) is 329 Å². The van der Waals surface area contributed by atoms with Crippen molar-refractivity contribution in [1.82, 2.24) is 5.32 Å². The van der Waals surface area contributed by atoms with E-state index in [9.17, 15) is 35.1 Å². The van der Waals surface area contributed by atoms with Gasteiger partial charge in [0.05, 0.1) is 25.4 Å². The standard InChI is InChI=1S/C65H125NO10/c1-4-7-10-13-16-19-22-25-27-29-30-31-33-35-38-41-44-47-50-53-60(70)76-63-62(72)61(71)59(54-67)75-65(63)74-55-56(57(68)51-48-45-42-39-36-24-21-18-15-12-9-6-3)66-64(73)58(69)52-49-46-43-40-37-34-32-28-26-23-20-17-14-11-8-5-2/h48,51,56-59,61-63,65,67-69,71-72H,4-47,49-50,52-55H2,1-3H3,(H,66,73)/b51-48+. The molecule has 1 fully saturated rings. The third-order valence-corrected chi connectivity index (χ3v) is 15.9. The van der Waals surface area contributed by atoms with Gasteiger partial charge in [-0.05, 0) is 25.7 Å². The highest BCUT2D eigenvalue weighted by Gasteiger charge is 2.47. The maximum Gasteiger partial charge on any atom is 0.306 e. The summed E-state index contributed by atoms with van der Waals surface area (Å²) in [6.07, 6.45) is 51.1. The predicted octanol–water partition coefficient (Wildman–Crippen LogP) is 15.9. The van der Waals surface area contributed by atoms with Gasteiger partial charge in [-0.25, -0.2) is 0 Å². The molecule has 450 valence electrons. The van der Waals surface area contributed by atoms with Gasteiger partial charge >= 0.3 is 5.97 Å². The molecule has 0 saturated carbocycles. The molecule has 11 heteroatoms. The van der Waals surface area contributed by atoms with Crippen molar-refractivity contribution in [3.63, 3.8) is 0 Å². The van der Waals surface area contributed by atoms with Crippen LogP contribution in [-0.2, 0) is 23.8 Å². The van der Waals surface area contributed by atoms with E-state index in [1.165, 1.54) is 225 Å². The minimum atomic E-state index is -1.61. The first-order chi connectivity index (χ1) is 37.2. The lowest BCUT2D eigenvalue weighted by Crippen LogP contribution is -2.61. The van der Waals surface area contributed by atoms with Gasteiger partial charge in [-0.15, -0.1) is 0 Å². The highest BCUT2D eigenvalue weighted by Crippen LogP contribution is 2.26. The lowest BCUT2D eigenvalue weighted by atomic mass is 9.99. The largest absolute Gasteiger partial charge is 0.454 e. The molecule has 0 aliphatic carbocycles. The number of hydrogen-bond acceptors (Lipinski definition) is 10. The summed E-state index contributed by atoms with van der Waals surface area (Å²) in [7, 11) is 0. The molecule has 0 spiro atoms. The Kier molecular flexibility index (Phi) is 51.5. The monoisotopic (exact) mass is 1080 g/mol. The second-order valence-electron chi connectivity index (χ2n) is 23.2. The van der Waals surface area contributed by atoms with Crippen molar-refractivity contribution >= 4 is 11.9 Å². The average molecular weight is 1080 g/mol. The zero-order chi connectivity index (χ0) is 55.4. The van der Waals surface area contributed by atoms with Gasteiger partial charge in [0.1, 0.15) is 24.4 Å². The van der Waals surface area contributed by atoms with E-state index in [4.69, 9.17) is 14.2 Å². The summed E-state index contributed by atoms with van der Waals surface area (Å²) in [5, 5.41) is 57.1. The normalized spacial score (nSPS) is 19.1. The molecule has 1 aliphatic rings. The number of carbonyl (C=O) groups excluding carboxylic acids is 2. The molecule has 1 saturated heterocycles. The number of unbranched alkanes of at least 4 members (excludes halogenated alkanes) is 43. The average Bonchev–Trinajstić information content (AvgIpc) is 3.42. The van der Waals surface area contributed by atoms with Crippen molar-refractivity contribution in [3.05, 3.63) is 12.2 Å². The maximum absolute atomic E-state index is 13.4. The first-order valence-electron chi connectivity index (χ1n) is 33.0. The summed E-state index contributed by atoms with van der Waals surface area (Å²) in [4.78, 5) is 26.6. The van der Waals surface area contributed by atoms with Gasteiger partial charge in [0.15, 0.2) is 12.4 Å². The van der Waals surface area contributed by atoms with Crippen LogP contribution in [-0.4, -0.2) is 99.6 Å². The molecule has 0 radical (unpaired) electrons. The van der Waals surface area contributed by atoms with E-state index in [0.29, 0.717) is 19.3 Å². The van der Waals surface area contributed by atoms with E-state index >= 15 is 0 Å². The number of ether oxygens (including phenoxy) is 3. The molecule has 1 rings (SSSR count). The number of allylic oxidation sites excluding steroid dienone is 1. The fourth-order valence-corrected chi connectivity index (χ4v) is 10.7. The molecule has 1 heterocycles. The minimum Gasteiger partial charge on any atom is -0.454 e. The number of carbonyl (C=O) groups is 2. The quantitative estimate of drug-likeness (QED) is 0.0195. The third-order valence-electron chi connectivity index (χ3n) is 15.9. The predicted molar refractivity (Wildman–Crippen MR) is 315 cm³/mol. The molecular formula is C65H125NO10. The molecule has 0 aromatic heterocycles. The fourth-order valence-electron chi connectivity index (χ4n) is 10.7. The fraction of sp³-hybridized carbons (Fsp3) is 0.938. The van der Waals surface area contributed by atoms with E-state index in [1.807, 2.05) is 6.08 Å². The molecule has 0 bridgehead atoms. The lowest BCUT2D eigenvalue weighted by Gasteiger charge is -2.41. The Balaban J connectivity index is 2.62. The molecule has 1 aliphatic heterocycles. The molecular weight excluding hydrogens is 955 g/mol. The smallest absolute Gasteiger partial charge is 0.306 e. The zero-order valence-corrected chi connectivity index (χ0v) is 49.9. The highest BCUT2D eigenvalue weighted by molar-refractivity contribution is 5.80. The van der Waals surface area contributed by atoms with Crippen LogP contribution in [0.3, 0.4) is 0 Å². The topological polar surface area (TPSA) is 175 Å². The van der Waals surface area contributed by atoms with Crippen LogP contribution in [0, 0.1) is 0 Å². The first-order valence-corrected chi connectivity index (χ1v) is 33.0. The van der Waals surface area contributed by atoms with Crippen LogP contribution in [0.5, 0.6) is 0 Å². The van der Waals surface area contributed by atoms with Crippen molar-refractivity contribution in [3.8, 4) is 0 Å². The molecule has 6 N–H and O–H groups in total. The van der Waals surface area contributed by atoms with Gasteiger partial charge in [0, 0.05) is 6.42 Å².